The summed E-state index contributed by atoms with van der Waals surface area (Å²) in [5, 5.41) is 0.139. The number of esters is 1. The zero-order chi connectivity index (χ0) is 17.6. The summed E-state index contributed by atoms with van der Waals surface area (Å²) in [6.07, 6.45) is 1.16. The fourth-order valence-electron chi connectivity index (χ4n) is 1.66. The lowest BCUT2D eigenvalue weighted by atomic mass is 10.0. The molecule has 0 saturated carbocycles. The van der Waals surface area contributed by atoms with E-state index < -0.39 is 14.3 Å². The highest BCUT2D eigenvalue weighted by atomic mass is 28.4. The molecule has 0 saturated heterocycles. The molecule has 0 unspecified atom stereocenters. The van der Waals surface area contributed by atoms with Gasteiger partial charge in [0.25, 0.3) is 0 Å². The summed E-state index contributed by atoms with van der Waals surface area (Å²) in [5.41, 5.74) is 0. The molecular formula is C16H32O5Si. The Kier molecular flexibility index (Phi) is 8.36. The molecule has 0 fully saturated rings. The van der Waals surface area contributed by atoms with Gasteiger partial charge in [0.1, 0.15) is 5.76 Å². The van der Waals surface area contributed by atoms with Gasteiger partial charge in [-0.15, -0.1) is 0 Å². The smallest absolute Gasteiger partial charge is 0.333 e. The summed E-state index contributed by atoms with van der Waals surface area (Å²) in [4.78, 5) is 11.4. The number of carbonyl (C=O) groups is 1. The van der Waals surface area contributed by atoms with E-state index in [0.717, 1.165) is 0 Å². The second kappa shape index (κ2) is 8.69. The average Bonchev–Trinajstić information content (AvgIpc) is 2.43. The second-order valence-corrected chi connectivity index (χ2v) is 11.7. The van der Waals surface area contributed by atoms with Crippen LogP contribution in [0.15, 0.2) is 11.8 Å². The maximum Gasteiger partial charge on any atom is 0.333 e. The molecule has 0 aliphatic heterocycles. The van der Waals surface area contributed by atoms with Crippen molar-refractivity contribution in [2.75, 3.05) is 27.9 Å². The summed E-state index contributed by atoms with van der Waals surface area (Å²) in [5.74, 6) is -0.0275. The van der Waals surface area contributed by atoms with Gasteiger partial charge in [0.15, 0.2) is 8.32 Å². The van der Waals surface area contributed by atoms with Crippen molar-refractivity contribution >= 4 is 14.3 Å². The lowest BCUT2D eigenvalue weighted by Crippen LogP contribution is -2.44. The SMILES string of the molecule is COC(=O)/C=C(\OC)[C@H](C)[C@H](CO[Si](C)(C)C(C)(C)C)OC. The quantitative estimate of drug-likeness (QED) is 0.295. The van der Waals surface area contributed by atoms with E-state index in [9.17, 15) is 4.79 Å². The number of methoxy groups -OCH3 is 3. The van der Waals surface area contributed by atoms with Gasteiger partial charge >= 0.3 is 5.97 Å². The number of hydrogen-bond donors (Lipinski definition) is 0. The molecule has 0 bridgehead atoms. The highest BCUT2D eigenvalue weighted by Gasteiger charge is 2.38. The first-order valence-electron chi connectivity index (χ1n) is 7.50. The maximum absolute atomic E-state index is 11.4. The van der Waals surface area contributed by atoms with Crippen LogP contribution in [0.25, 0.3) is 0 Å². The third-order valence-corrected chi connectivity index (χ3v) is 8.92. The zero-order valence-corrected chi connectivity index (χ0v) is 16.5. The lowest BCUT2D eigenvalue weighted by molar-refractivity contribution is -0.135. The summed E-state index contributed by atoms with van der Waals surface area (Å²) >= 11 is 0. The Morgan fingerprint density at radius 3 is 2.05 bits per heavy atom. The molecule has 0 amide bonds. The van der Waals surface area contributed by atoms with E-state index in [1.54, 1.807) is 7.11 Å². The Morgan fingerprint density at radius 1 is 1.14 bits per heavy atom. The first-order valence-corrected chi connectivity index (χ1v) is 10.4. The Balaban J connectivity index is 4.96. The molecule has 0 N–H and O–H groups in total. The highest BCUT2D eigenvalue weighted by molar-refractivity contribution is 6.74. The molecule has 22 heavy (non-hydrogen) atoms. The van der Waals surface area contributed by atoms with Crippen molar-refractivity contribution in [1.29, 1.82) is 0 Å². The van der Waals surface area contributed by atoms with Gasteiger partial charge in [0, 0.05) is 13.0 Å². The fraction of sp³-hybridized carbons (Fsp3) is 0.812. The molecule has 0 aliphatic carbocycles. The summed E-state index contributed by atoms with van der Waals surface area (Å²) in [6, 6.07) is 0. The summed E-state index contributed by atoms with van der Waals surface area (Å²) in [6.45, 7) is 13.4. The van der Waals surface area contributed by atoms with Crippen LogP contribution < -0.4 is 0 Å². The first-order chi connectivity index (χ1) is 10.00. The molecule has 5 nitrogen and oxygen atoms in total. The molecule has 0 aromatic heterocycles. The maximum atomic E-state index is 11.4. The van der Waals surface area contributed by atoms with E-state index in [1.807, 2.05) is 6.92 Å². The molecule has 0 aromatic carbocycles. The van der Waals surface area contributed by atoms with Crippen molar-refractivity contribution in [3.63, 3.8) is 0 Å². The average molecular weight is 333 g/mol. The molecule has 0 radical (unpaired) electrons. The van der Waals surface area contributed by atoms with Crippen LogP contribution in [0, 0.1) is 5.92 Å². The van der Waals surface area contributed by atoms with E-state index in [2.05, 4.69) is 38.6 Å². The molecule has 0 spiro atoms. The Morgan fingerprint density at radius 2 is 1.68 bits per heavy atom. The van der Waals surface area contributed by atoms with Crippen LogP contribution in [0.4, 0.5) is 0 Å². The van der Waals surface area contributed by atoms with Gasteiger partial charge in [0.05, 0.1) is 33.0 Å². The van der Waals surface area contributed by atoms with Crippen LogP contribution in [-0.2, 0) is 23.4 Å². The van der Waals surface area contributed by atoms with Gasteiger partial charge in [-0.3, -0.25) is 0 Å². The van der Waals surface area contributed by atoms with Crippen LogP contribution >= 0.6 is 0 Å². The van der Waals surface area contributed by atoms with Gasteiger partial charge in [-0.05, 0) is 18.1 Å². The molecule has 0 aliphatic rings. The third kappa shape index (κ3) is 6.10. The van der Waals surface area contributed by atoms with Gasteiger partial charge < -0.3 is 18.6 Å². The molecular weight excluding hydrogens is 300 g/mol. The minimum Gasteiger partial charge on any atom is -0.500 e. The van der Waals surface area contributed by atoms with Crippen molar-refractivity contribution in [2.45, 2.75) is 51.9 Å². The van der Waals surface area contributed by atoms with Crippen molar-refractivity contribution in [3.8, 4) is 0 Å². The van der Waals surface area contributed by atoms with Crippen molar-refractivity contribution in [3.05, 3.63) is 11.8 Å². The Hall–Kier alpha value is -0.853. The number of hydrogen-bond acceptors (Lipinski definition) is 5. The fourth-order valence-corrected chi connectivity index (χ4v) is 2.67. The van der Waals surface area contributed by atoms with Crippen molar-refractivity contribution in [2.24, 2.45) is 5.92 Å². The molecule has 130 valence electrons. The molecule has 0 heterocycles. The molecule has 6 heteroatoms. The first kappa shape index (κ1) is 21.1. The number of rotatable bonds is 8. The van der Waals surface area contributed by atoms with E-state index in [0.29, 0.717) is 12.4 Å². The predicted octanol–water partition coefficient (Wildman–Crippen LogP) is 3.36. The molecule has 0 aromatic rings. The van der Waals surface area contributed by atoms with Crippen LogP contribution in [0.2, 0.25) is 18.1 Å². The minimum absolute atomic E-state index is 0.112. The predicted molar refractivity (Wildman–Crippen MR) is 90.2 cm³/mol. The van der Waals surface area contributed by atoms with Crippen LogP contribution in [-0.4, -0.2) is 48.3 Å². The Labute approximate surface area is 136 Å². The van der Waals surface area contributed by atoms with Crippen molar-refractivity contribution < 1.29 is 23.4 Å². The second-order valence-electron chi connectivity index (χ2n) is 6.91. The van der Waals surface area contributed by atoms with E-state index in [4.69, 9.17) is 13.9 Å². The third-order valence-electron chi connectivity index (χ3n) is 4.42. The van der Waals surface area contributed by atoms with E-state index in [-0.39, 0.29) is 17.1 Å². The van der Waals surface area contributed by atoms with Gasteiger partial charge in [-0.1, -0.05) is 27.7 Å². The summed E-state index contributed by atoms with van der Waals surface area (Å²) < 4.78 is 21.7. The van der Waals surface area contributed by atoms with Gasteiger partial charge in [-0.2, -0.15) is 0 Å². The Bertz CT molecular complexity index is 384. The van der Waals surface area contributed by atoms with Crippen molar-refractivity contribution in [1.82, 2.24) is 0 Å². The largest absolute Gasteiger partial charge is 0.500 e. The molecule has 2 atom stereocenters. The van der Waals surface area contributed by atoms with Crippen LogP contribution in [0.5, 0.6) is 0 Å². The lowest BCUT2D eigenvalue weighted by Gasteiger charge is -2.37. The van der Waals surface area contributed by atoms with E-state index >= 15 is 0 Å². The number of carbonyl (C=O) groups excluding carboxylic acids is 1. The minimum atomic E-state index is -1.85. The molecule has 0 rings (SSSR count). The van der Waals surface area contributed by atoms with Crippen LogP contribution in [0.1, 0.15) is 27.7 Å². The van der Waals surface area contributed by atoms with E-state index in [1.165, 1.54) is 20.3 Å². The zero-order valence-electron chi connectivity index (χ0n) is 15.5. The van der Waals surface area contributed by atoms with Gasteiger partial charge in [-0.25, -0.2) is 4.79 Å². The van der Waals surface area contributed by atoms with Crippen LogP contribution in [0.3, 0.4) is 0 Å². The topological polar surface area (TPSA) is 54.0 Å². The number of ether oxygens (including phenoxy) is 3. The standard InChI is InChI=1S/C16H32O5Si/c1-12(13(18-5)10-15(17)20-7)14(19-6)11-21-22(8,9)16(2,3)4/h10,12,14H,11H2,1-9H3/b13-10-/t12-,14-/m0/s1. The summed E-state index contributed by atoms with van der Waals surface area (Å²) in [7, 11) is 2.67. The normalized spacial score (nSPS) is 16.1. The monoisotopic (exact) mass is 332 g/mol. The highest BCUT2D eigenvalue weighted by Crippen LogP contribution is 2.37. The van der Waals surface area contributed by atoms with Gasteiger partial charge in [0.2, 0.25) is 0 Å².